The molecule has 6 aromatic rings. The van der Waals surface area contributed by atoms with Gasteiger partial charge in [-0.15, -0.1) is 0 Å². The molecule has 6 heteroatoms. The molecule has 12 rings (SSSR count). The van der Waals surface area contributed by atoms with Crippen LogP contribution in [0.5, 0.6) is 11.5 Å². The van der Waals surface area contributed by atoms with Crippen LogP contribution >= 0.6 is 0 Å². The second-order valence-corrected chi connectivity index (χ2v) is 26.9. The summed E-state index contributed by atoms with van der Waals surface area (Å²) in [4.78, 5) is 4.08. The van der Waals surface area contributed by atoms with Crippen molar-refractivity contribution in [1.29, 1.82) is 0 Å². The number of hydrogen-bond donors (Lipinski definition) is 0. The molecule has 1 nitrogen and oxygen atoms in total. The number of benzene rings is 6. The van der Waals surface area contributed by atoms with E-state index >= 15 is 8.78 Å². The minimum atomic E-state index is -1.45. The van der Waals surface area contributed by atoms with Gasteiger partial charge >= 0.3 is 0 Å². The minimum Gasteiger partial charge on any atom is -0.450 e. The number of ether oxygens (including phenoxy) is 1. The van der Waals surface area contributed by atoms with Crippen molar-refractivity contribution in [2.24, 2.45) is 0 Å². The molecule has 6 fully saturated rings. The highest BCUT2D eigenvalue weighted by Crippen LogP contribution is 2.50. The number of halogens is 4. The molecule has 0 atom stereocenters. The van der Waals surface area contributed by atoms with Crippen LogP contribution < -0.4 is 4.74 Å². The van der Waals surface area contributed by atoms with E-state index in [2.05, 4.69) is 122 Å². The summed E-state index contributed by atoms with van der Waals surface area (Å²) in [5.74, 6) is -2.65. The lowest BCUT2D eigenvalue weighted by Crippen LogP contribution is -2.15. The smallest absolute Gasteiger partial charge is 0.204 e. The monoisotopic (exact) mass is 1100 g/mol. The molecule has 6 saturated carbocycles. The predicted molar refractivity (Wildman–Crippen MR) is 325 cm³/mol. The van der Waals surface area contributed by atoms with E-state index in [-0.39, 0.29) is 22.7 Å². The highest BCUT2D eigenvalue weighted by Gasteiger charge is 2.34. The molecule has 0 N–H and O–H groups in total. The Bertz CT molecular complexity index is 2660. The first kappa shape index (κ1) is 58.4. The Labute approximate surface area is 481 Å². The lowest BCUT2D eigenvalue weighted by molar-refractivity contribution is 0.345. The first-order valence-corrected chi connectivity index (χ1v) is 33.2. The fraction of sp³-hybridized carbons (Fsp3) is 0.514. The van der Waals surface area contributed by atoms with Gasteiger partial charge in [0.15, 0.2) is 26.3 Å². The van der Waals surface area contributed by atoms with Gasteiger partial charge in [-0.05, 0) is 202 Å². The summed E-state index contributed by atoms with van der Waals surface area (Å²) in [5, 5.41) is 0. The summed E-state index contributed by atoms with van der Waals surface area (Å²) in [7, 11) is -0.0146. The van der Waals surface area contributed by atoms with Crippen molar-refractivity contribution < 1.29 is 22.3 Å². The maximum absolute atomic E-state index is 15.0. The van der Waals surface area contributed by atoms with E-state index in [1.54, 1.807) is 22.3 Å². The Morgan fingerprint density at radius 1 is 0.300 bits per heavy atom. The maximum Gasteiger partial charge on any atom is 0.204 e. The fourth-order valence-corrected chi connectivity index (χ4v) is 17.1. The maximum atomic E-state index is 15.0. The molecule has 0 aliphatic heterocycles. The van der Waals surface area contributed by atoms with Gasteiger partial charge in [0.1, 0.15) is 5.75 Å². The Kier molecular flexibility index (Phi) is 21.1. The quantitative estimate of drug-likeness (QED) is 0.0714. The molecular formula is C74H91F4OS+. The van der Waals surface area contributed by atoms with E-state index in [1.807, 2.05) is 0 Å². The van der Waals surface area contributed by atoms with Crippen LogP contribution in [0.4, 0.5) is 17.6 Å². The highest BCUT2D eigenvalue weighted by atomic mass is 32.2. The molecule has 0 bridgehead atoms. The van der Waals surface area contributed by atoms with Crippen molar-refractivity contribution >= 4 is 10.9 Å². The largest absolute Gasteiger partial charge is 0.450 e. The third-order valence-corrected chi connectivity index (χ3v) is 21.8. The fourth-order valence-electron chi connectivity index (χ4n) is 15.0. The predicted octanol–water partition coefficient (Wildman–Crippen LogP) is 23.4. The van der Waals surface area contributed by atoms with Gasteiger partial charge in [-0.3, -0.25) is 0 Å². The van der Waals surface area contributed by atoms with E-state index in [4.69, 9.17) is 4.74 Å². The summed E-state index contributed by atoms with van der Waals surface area (Å²) >= 11 is 0. The molecule has 0 radical (unpaired) electrons. The van der Waals surface area contributed by atoms with Crippen LogP contribution in [0.1, 0.15) is 273 Å². The van der Waals surface area contributed by atoms with Gasteiger partial charge in [-0.1, -0.05) is 194 Å². The van der Waals surface area contributed by atoms with Crippen LogP contribution in [0.15, 0.2) is 130 Å². The Balaban J connectivity index is 0.000000143. The minimum absolute atomic E-state index is 0.0146. The van der Waals surface area contributed by atoms with Crippen LogP contribution in [0.2, 0.25) is 0 Å². The average molecular weight is 1100 g/mol. The highest BCUT2D eigenvalue weighted by molar-refractivity contribution is 7.97. The van der Waals surface area contributed by atoms with Gasteiger partial charge in [0.2, 0.25) is 17.4 Å². The van der Waals surface area contributed by atoms with Crippen LogP contribution in [-0.4, -0.2) is 0 Å². The van der Waals surface area contributed by atoms with Crippen molar-refractivity contribution in [1.82, 2.24) is 0 Å². The first-order valence-electron chi connectivity index (χ1n) is 31.9. The molecule has 80 heavy (non-hydrogen) atoms. The van der Waals surface area contributed by atoms with E-state index in [9.17, 15) is 8.78 Å². The zero-order valence-electron chi connectivity index (χ0n) is 48.5. The molecule has 0 heterocycles. The Morgan fingerprint density at radius 3 is 0.863 bits per heavy atom. The molecule has 426 valence electrons. The van der Waals surface area contributed by atoms with E-state index in [0.717, 1.165) is 100 Å². The third kappa shape index (κ3) is 14.3. The molecule has 0 spiro atoms. The van der Waals surface area contributed by atoms with E-state index in [0.29, 0.717) is 11.7 Å². The van der Waals surface area contributed by atoms with Gasteiger partial charge < -0.3 is 4.74 Å². The van der Waals surface area contributed by atoms with Crippen molar-refractivity contribution in [3.05, 3.63) is 183 Å². The van der Waals surface area contributed by atoms with Crippen LogP contribution in [0, 0.1) is 37.1 Å². The van der Waals surface area contributed by atoms with Crippen molar-refractivity contribution in [3.8, 4) is 11.5 Å². The van der Waals surface area contributed by atoms with Crippen LogP contribution in [0.25, 0.3) is 0 Å². The second kappa shape index (κ2) is 28.9. The number of hydrogen-bond acceptors (Lipinski definition) is 1. The summed E-state index contributed by atoms with van der Waals surface area (Å²) in [6, 6.07) is 42.0. The normalized spacial score (nSPS) is 19.4. The van der Waals surface area contributed by atoms with Gasteiger partial charge in [0, 0.05) is 5.56 Å². The zero-order chi connectivity index (χ0) is 55.2. The van der Waals surface area contributed by atoms with Gasteiger partial charge in [0.05, 0.1) is 10.9 Å². The number of rotatable bonds is 11. The summed E-state index contributed by atoms with van der Waals surface area (Å²) < 4.78 is 65.0. The van der Waals surface area contributed by atoms with Gasteiger partial charge in [-0.2, -0.15) is 8.78 Å². The molecule has 0 unspecified atom stereocenters. The summed E-state index contributed by atoms with van der Waals surface area (Å²) in [5.41, 5.74) is 9.57. The van der Waals surface area contributed by atoms with E-state index < -0.39 is 34.6 Å². The zero-order valence-corrected chi connectivity index (χ0v) is 49.3. The van der Waals surface area contributed by atoms with Crippen LogP contribution in [0.3, 0.4) is 0 Å². The average Bonchev–Trinajstić information content (AvgIpc) is 3.61. The second-order valence-electron chi connectivity index (χ2n) is 24.9. The topological polar surface area (TPSA) is 9.23 Å². The van der Waals surface area contributed by atoms with Gasteiger partial charge in [-0.25, -0.2) is 8.78 Å². The SMILES string of the molecule is Cc1c(C2CCCCC2)cc(C2CCCCC2)cc1C1CCCCC1.Cc1c(F)c(F)c(Oc2c(C3CCCCC3)cc(C3CCCCC3)cc2C2CCCCC2)c(F)c1F.c1ccc([S+](c2ccccc2)c2ccccc2)cc1. The standard InChI is InChI=1S/C31H38F4O.C25H38.C18H15S/c1-19-26(32)28(34)31(29(35)27(19)33)36-30-24(21-13-7-3-8-14-21)17-23(20-11-5-2-6-12-20)18-25(30)22-15-9-4-10-16-22;1-19-24(21-13-7-3-8-14-21)17-23(20-11-5-2-6-12-20)18-25(19)22-15-9-4-10-16-22;1-4-10-16(11-5-1)19(17-12-6-2-7-13-17)18-14-8-3-9-15-18/h17-18,20-22H,2-16H2,1H3;17-18,20-22H,2-16H2,1H3;1-15H/q;;+1. The third-order valence-electron chi connectivity index (χ3n) is 19.6. The van der Waals surface area contributed by atoms with Crippen LogP contribution in [-0.2, 0) is 10.9 Å². The molecule has 0 saturated heterocycles. The Hall–Kier alpha value is -4.81. The van der Waals surface area contributed by atoms with Gasteiger partial charge in [0.25, 0.3) is 0 Å². The molecular weight excluding hydrogens is 1010 g/mol. The Morgan fingerprint density at radius 2 is 0.562 bits per heavy atom. The molecule has 6 aliphatic rings. The van der Waals surface area contributed by atoms with Crippen molar-refractivity contribution in [2.75, 3.05) is 0 Å². The molecule has 6 aromatic carbocycles. The first-order chi connectivity index (χ1) is 39.2. The summed E-state index contributed by atoms with van der Waals surface area (Å²) in [6.45, 7) is 3.51. The van der Waals surface area contributed by atoms with Crippen molar-refractivity contribution in [2.45, 2.75) is 257 Å². The molecule has 0 aromatic heterocycles. The lowest BCUT2D eigenvalue weighted by atomic mass is 9.74. The summed E-state index contributed by atoms with van der Waals surface area (Å²) in [6.07, 6.45) is 38.6. The molecule has 0 amide bonds. The molecule has 6 aliphatic carbocycles. The lowest BCUT2D eigenvalue weighted by Gasteiger charge is -2.32. The van der Waals surface area contributed by atoms with E-state index in [1.165, 1.54) is 149 Å². The van der Waals surface area contributed by atoms with Crippen molar-refractivity contribution in [3.63, 3.8) is 0 Å².